The van der Waals surface area contributed by atoms with Crippen LogP contribution < -0.4 is 5.32 Å². The van der Waals surface area contributed by atoms with E-state index in [-0.39, 0.29) is 0 Å². The van der Waals surface area contributed by atoms with Crippen LogP contribution in [0.2, 0.25) is 10.0 Å². The minimum Gasteiger partial charge on any atom is -0.318 e. The number of hydrogen-bond donors (Lipinski definition) is 1. The lowest BCUT2D eigenvalue weighted by atomic mass is 9.95. The average Bonchev–Trinajstić information content (AvgIpc) is 2.79. The molecule has 1 fully saturated rings. The van der Waals surface area contributed by atoms with Gasteiger partial charge in [0.25, 0.3) is 0 Å². The van der Waals surface area contributed by atoms with E-state index in [1.165, 1.54) is 49.1 Å². The van der Waals surface area contributed by atoms with E-state index in [0.717, 1.165) is 12.2 Å². The summed E-state index contributed by atoms with van der Waals surface area (Å²) in [7, 11) is 0. The van der Waals surface area contributed by atoms with E-state index in [2.05, 4.69) is 29.8 Å². The van der Waals surface area contributed by atoms with Crippen LogP contribution in [0.3, 0.4) is 0 Å². The fourth-order valence-corrected chi connectivity index (χ4v) is 4.15. The van der Waals surface area contributed by atoms with Gasteiger partial charge in [-0.1, -0.05) is 42.5 Å². The highest BCUT2D eigenvalue weighted by molar-refractivity contribution is 6.34. The number of halogens is 2. The largest absolute Gasteiger partial charge is 0.318 e. The first-order valence-electron chi connectivity index (χ1n) is 8.42. The summed E-state index contributed by atoms with van der Waals surface area (Å²) >= 11 is 12.3. The highest BCUT2D eigenvalue weighted by Crippen LogP contribution is 2.27. The maximum atomic E-state index is 6.16. The van der Waals surface area contributed by atoms with E-state index in [1.54, 1.807) is 6.07 Å². The molecule has 0 saturated heterocycles. The van der Waals surface area contributed by atoms with E-state index >= 15 is 0 Å². The molecule has 2 nitrogen and oxygen atoms in total. The summed E-state index contributed by atoms with van der Waals surface area (Å²) in [6.45, 7) is 5.23. The Bertz CT molecular complexity index is 665. The topological polar surface area (TPSA) is 17.0 Å². The van der Waals surface area contributed by atoms with Gasteiger partial charge in [0.05, 0.1) is 0 Å². The highest BCUT2D eigenvalue weighted by Gasteiger charge is 2.15. The van der Waals surface area contributed by atoms with Gasteiger partial charge in [0.2, 0.25) is 0 Å². The molecule has 0 radical (unpaired) electrons. The van der Waals surface area contributed by atoms with Gasteiger partial charge in [-0.05, 0) is 56.5 Å². The van der Waals surface area contributed by atoms with Gasteiger partial charge in [-0.15, -0.1) is 0 Å². The Morgan fingerprint density at radius 1 is 1.00 bits per heavy atom. The second-order valence-electron chi connectivity index (χ2n) is 6.58. The quantitative estimate of drug-likeness (QED) is 0.734. The number of hydrogen-bond acceptors (Lipinski definition) is 1. The van der Waals surface area contributed by atoms with Crippen LogP contribution in [0.15, 0.2) is 24.3 Å². The standard InChI is InChI=1S/C19H24Cl2N2/c1-13-8-15(12-22-18-6-4-3-5-7-18)14(2)23(13)19-10-16(20)9-17(21)11-19/h8-11,18,22H,3-7,12H2,1-2H3. The lowest BCUT2D eigenvalue weighted by Crippen LogP contribution is -2.30. The Morgan fingerprint density at radius 2 is 1.65 bits per heavy atom. The molecule has 0 bridgehead atoms. The molecular weight excluding hydrogens is 327 g/mol. The molecule has 0 spiro atoms. The van der Waals surface area contributed by atoms with Gasteiger partial charge in [-0.2, -0.15) is 0 Å². The Kier molecular flexibility index (Phi) is 5.35. The first-order valence-corrected chi connectivity index (χ1v) is 9.18. The van der Waals surface area contributed by atoms with Crippen LogP contribution in [0, 0.1) is 13.8 Å². The summed E-state index contributed by atoms with van der Waals surface area (Å²) in [5.74, 6) is 0. The molecule has 3 rings (SSSR count). The first kappa shape index (κ1) is 16.9. The minimum atomic E-state index is 0.668. The van der Waals surface area contributed by atoms with E-state index < -0.39 is 0 Å². The summed E-state index contributed by atoms with van der Waals surface area (Å²) < 4.78 is 2.23. The molecule has 23 heavy (non-hydrogen) atoms. The normalized spacial score (nSPS) is 16.0. The van der Waals surface area contributed by atoms with E-state index in [0.29, 0.717) is 16.1 Å². The van der Waals surface area contributed by atoms with Gasteiger partial charge in [-0.25, -0.2) is 0 Å². The van der Waals surface area contributed by atoms with E-state index in [1.807, 2.05) is 12.1 Å². The summed E-state index contributed by atoms with van der Waals surface area (Å²) in [5, 5.41) is 5.06. The Balaban J connectivity index is 1.81. The molecule has 124 valence electrons. The third-order valence-electron chi connectivity index (χ3n) is 4.83. The predicted octanol–water partition coefficient (Wildman–Crippen LogP) is 5.82. The molecule has 1 aromatic carbocycles. The van der Waals surface area contributed by atoms with Crippen molar-refractivity contribution in [2.45, 2.75) is 58.5 Å². The van der Waals surface area contributed by atoms with Crippen LogP contribution in [0.1, 0.15) is 49.1 Å². The van der Waals surface area contributed by atoms with Crippen LogP contribution >= 0.6 is 23.2 Å². The maximum Gasteiger partial charge on any atom is 0.0484 e. The molecule has 0 amide bonds. The number of aryl methyl sites for hydroxylation is 1. The van der Waals surface area contributed by atoms with Crippen LogP contribution in [0.4, 0.5) is 0 Å². The smallest absolute Gasteiger partial charge is 0.0484 e. The minimum absolute atomic E-state index is 0.668. The molecule has 2 aromatic rings. The van der Waals surface area contributed by atoms with Gasteiger partial charge >= 0.3 is 0 Å². The lowest BCUT2D eigenvalue weighted by Gasteiger charge is -2.22. The van der Waals surface area contributed by atoms with Gasteiger partial charge in [0, 0.05) is 39.7 Å². The van der Waals surface area contributed by atoms with Crippen molar-refractivity contribution < 1.29 is 0 Å². The van der Waals surface area contributed by atoms with Crippen molar-refractivity contribution in [1.82, 2.24) is 9.88 Å². The highest BCUT2D eigenvalue weighted by atomic mass is 35.5. The summed E-state index contributed by atoms with van der Waals surface area (Å²) in [4.78, 5) is 0. The van der Waals surface area contributed by atoms with Crippen LogP contribution in [0.25, 0.3) is 5.69 Å². The molecule has 1 heterocycles. The summed E-state index contributed by atoms with van der Waals surface area (Å²) in [5.41, 5.74) is 4.84. The predicted molar refractivity (Wildman–Crippen MR) is 99.0 cm³/mol. The van der Waals surface area contributed by atoms with Crippen molar-refractivity contribution in [2.24, 2.45) is 0 Å². The van der Waals surface area contributed by atoms with Crippen molar-refractivity contribution >= 4 is 23.2 Å². The third kappa shape index (κ3) is 3.93. The van der Waals surface area contributed by atoms with E-state index in [9.17, 15) is 0 Å². The fourth-order valence-electron chi connectivity index (χ4n) is 3.63. The summed E-state index contributed by atoms with van der Waals surface area (Å²) in [6.07, 6.45) is 6.73. The first-order chi connectivity index (χ1) is 11.0. The van der Waals surface area contributed by atoms with Gasteiger partial charge in [0.1, 0.15) is 0 Å². The second kappa shape index (κ2) is 7.29. The van der Waals surface area contributed by atoms with Gasteiger partial charge in [0.15, 0.2) is 0 Å². The van der Waals surface area contributed by atoms with Crippen molar-refractivity contribution in [3.63, 3.8) is 0 Å². The van der Waals surface area contributed by atoms with Crippen LogP contribution in [-0.4, -0.2) is 10.6 Å². The van der Waals surface area contributed by atoms with Crippen molar-refractivity contribution in [1.29, 1.82) is 0 Å². The number of nitrogens with one attached hydrogen (secondary N) is 1. The van der Waals surface area contributed by atoms with Crippen molar-refractivity contribution in [3.8, 4) is 5.69 Å². The number of rotatable bonds is 4. The zero-order chi connectivity index (χ0) is 16.4. The van der Waals surface area contributed by atoms with E-state index in [4.69, 9.17) is 23.2 Å². The zero-order valence-electron chi connectivity index (χ0n) is 13.8. The number of nitrogens with zero attached hydrogens (tertiary/aromatic N) is 1. The van der Waals surface area contributed by atoms with Crippen molar-refractivity contribution in [2.75, 3.05) is 0 Å². The number of benzene rings is 1. The molecule has 0 unspecified atom stereocenters. The van der Waals surface area contributed by atoms with Gasteiger partial charge in [-0.3, -0.25) is 0 Å². The maximum absolute atomic E-state index is 6.16. The Morgan fingerprint density at radius 3 is 2.30 bits per heavy atom. The molecule has 0 aliphatic heterocycles. The Hall–Kier alpha value is -0.960. The Labute approximate surface area is 148 Å². The lowest BCUT2D eigenvalue weighted by molar-refractivity contribution is 0.372. The fraction of sp³-hybridized carbons (Fsp3) is 0.474. The molecule has 4 heteroatoms. The SMILES string of the molecule is Cc1cc(CNC2CCCCC2)c(C)n1-c1cc(Cl)cc(Cl)c1. The molecule has 0 atom stereocenters. The molecule has 1 aromatic heterocycles. The molecule has 1 aliphatic rings. The van der Waals surface area contributed by atoms with Crippen molar-refractivity contribution in [3.05, 3.63) is 51.3 Å². The van der Waals surface area contributed by atoms with Gasteiger partial charge < -0.3 is 9.88 Å². The van der Waals surface area contributed by atoms with Crippen LogP contribution in [-0.2, 0) is 6.54 Å². The average molecular weight is 351 g/mol. The zero-order valence-corrected chi connectivity index (χ0v) is 15.3. The molecular formula is C19H24Cl2N2. The molecule has 1 aliphatic carbocycles. The number of aromatic nitrogens is 1. The van der Waals surface area contributed by atoms with Crippen LogP contribution in [0.5, 0.6) is 0 Å². The monoisotopic (exact) mass is 350 g/mol. The second-order valence-corrected chi connectivity index (χ2v) is 7.45. The summed E-state index contributed by atoms with van der Waals surface area (Å²) in [6, 6.07) is 8.64. The third-order valence-corrected chi connectivity index (χ3v) is 5.26. The molecule has 1 N–H and O–H groups in total. The molecule has 1 saturated carbocycles.